The second-order valence-electron chi connectivity index (χ2n) is 29.4. The maximum Gasteiger partial charge on any atom is 0.233 e. The van der Waals surface area contributed by atoms with Crippen LogP contribution in [0.2, 0.25) is 20.1 Å². The monoisotopic (exact) mass is 2000 g/mol. The SMILES string of the molecule is BrCc1ccc(Br)cc1.Brc1ccc(CCOC2CCCCO2)cc1.Clc1cccc(Cl)c1-c1noc(C2CC2)c1CO[C@@H]1C[C@@H]2C[C@H]1CN2.I.NOC1CCCCO1.O=CN(Cc1ccc(Br)cc1)OC1CCCCO1.O=CN(O)Cc1ccc(N2C[C@@H]3C[C@H]2C[C@H]3OCc2c(-c3c(Cl)cccc3Cl)noc2C2CC2)cc1. The molecule has 9 fully saturated rings. The lowest BCUT2D eigenvalue weighted by molar-refractivity contribution is -0.277. The van der Waals surface area contributed by atoms with Gasteiger partial charge in [0.25, 0.3) is 0 Å². The van der Waals surface area contributed by atoms with E-state index in [1.54, 1.807) is 0 Å². The number of nitrogens with one attached hydrogen (secondary N) is 1. The quantitative estimate of drug-likeness (QED) is 0.0159. The van der Waals surface area contributed by atoms with Crippen LogP contribution in [-0.4, -0.2) is 121 Å². The summed E-state index contributed by atoms with van der Waals surface area (Å²) in [4.78, 5) is 34.0. The van der Waals surface area contributed by atoms with Crippen molar-refractivity contribution >= 4 is 153 Å². The number of nitrogens with two attached hydrogens (primary N) is 1. The number of benzene rings is 6. The van der Waals surface area contributed by atoms with Crippen LogP contribution in [0.4, 0.5) is 5.69 Å². The number of hydrogen-bond acceptors (Lipinski definition) is 18. The van der Waals surface area contributed by atoms with Gasteiger partial charge in [-0.15, -0.1) is 24.0 Å². The molecule has 17 rings (SSSR count). The fourth-order valence-electron chi connectivity index (χ4n) is 14.9. The molecule has 4 saturated carbocycles. The van der Waals surface area contributed by atoms with Crippen LogP contribution in [0.1, 0.15) is 166 Å². The average Bonchev–Trinajstić information content (AvgIpc) is 1.64. The van der Waals surface area contributed by atoms with Crippen molar-refractivity contribution in [2.75, 3.05) is 44.4 Å². The van der Waals surface area contributed by atoms with Gasteiger partial charge in [0.05, 0.1) is 65.2 Å². The standard InChI is InChI=1S/C27H27Cl2N3O4.C19H20Cl2N2O2.C13H16BrNO3.C13H17BrO2.C7H6Br2.C5H11NO2.HI/c28-22-2-1-3-23(29)25(22)26-21(27(36-30-26)17-6-7-17)14-35-24-11-20-10-18(24)13-32(20)19-8-4-16(5-9-19)12-31(34)15-33;20-14-2-1-3-15(21)17(14)18-13(19(25-23-18)10-4-5-10)9-24-16-7-12-6-11(16)8-22-12;14-12-6-4-11(5-7-12)9-15(10-16)18-13-3-1-2-8-17-13;14-12-6-4-11(5-7-12)8-10-16-13-3-1-2-9-15-13;8-5-6-1-3-7(9)4-2-6;6-8-5-3-1-2-4-7-5;/h1-5,8-9,15,17-18,20,24,34H,6-7,10-14H2;1-3,10-12,16,22H,4-9H2;4-7,10,13H,1-3,8-9H2;4-7,13H,1-3,8-10H2;1-4H,5H2;5H,1-4,6H2;1H/t18-,20-,24+;11-,12-,16+;;;;;/m00...../s1. The van der Waals surface area contributed by atoms with Crippen LogP contribution in [0.15, 0.2) is 156 Å². The number of carbonyl (C=O) groups is 2. The third kappa shape index (κ3) is 26.7. The van der Waals surface area contributed by atoms with E-state index in [-0.39, 0.29) is 55.5 Å². The van der Waals surface area contributed by atoms with E-state index in [2.05, 4.69) is 138 Å². The number of aromatic nitrogens is 2. The molecule has 610 valence electrons. The second kappa shape index (κ2) is 45.9. The van der Waals surface area contributed by atoms with Gasteiger partial charge in [0.1, 0.15) is 22.9 Å². The van der Waals surface area contributed by atoms with Gasteiger partial charge in [-0.3, -0.25) is 19.6 Å². The van der Waals surface area contributed by atoms with E-state index in [4.69, 9.17) is 94.6 Å². The maximum atomic E-state index is 11.0. The zero-order valence-electron chi connectivity index (χ0n) is 62.8. The zero-order valence-corrected chi connectivity index (χ0v) is 74.5. The van der Waals surface area contributed by atoms with Crippen molar-refractivity contribution in [1.29, 1.82) is 0 Å². The first-order chi connectivity index (χ1) is 54.6. The summed E-state index contributed by atoms with van der Waals surface area (Å²) in [5.41, 5.74) is 10.5. The van der Waals surface area contributed by atoms with E-state index >= 15 is 0 Å². The van der Waals surface area contributed by atoms with E-state index in [1.807, 2.05) is 84.9 Å². The lowest BCUT2D eigenvalue weighted by Crippen LogP contribution is -2.38. The lowest BCUT2D eigenvalue weighted by atomic mass is 10.0. The molecule has 7 heterocycles. The molecule has 0 spiro atoms. The molecule has 4 aliphatic carbocycles. The summed E-state index contributed by atoms with van der Waals surface area (Å²) in [6, 6.07) is 44.4. The molecule has 20 nitrogen and oxygen atoms in total. The predicted molar refractivity (Wildman–Crippen MR) is 462 cm³/mol. The Balaban J connectivity index is 0.000000143. The Bertz CT molecular complexity index is 4180. The number of ether oxygens (including phenoxy) is 6. The number of alkyl halides is 1. The fourth-order valence-corrected chi connectivity index (χ4v) is 17.2. The smallest absolute Gasteiger partial charge is 0.233 e. The number of hydroxylamine groups is 4. The van der Waals surface area contributed by atoms with Crippen molar-refractivity contribution in [3.8, 4) is 22.5 Å². The molecule has 4 N–H and O–H groups in total. The van der Waals surface area contributed by atoms with Crippen LogP contribution in [-0.2, 0) is 85.7 Å². The predicted octanol–water partition coefficient (Wildman–Crippen LogP) is 21.6. The number of nitrogens with zero attached hydrogens (tertiary/aromatic N) is 5. The Labute approximate surface area is 732 Å². The molecule has 6 aromatic carbocycles. The lowest BCUT2D eigenvalue weighted by Gasteiger charge is -2.33. The van der Waals surface area contributed by atoms with Gasteiger partial charge in [-0.25, -0.2) is 20.9 Å². The highest BCUT2D eigenvalue weighted by atomic mass is 127. The minimum absolute atomic E-state index is 0. The first-order valence-corrected chi connectivity index (χ1v) is 43.7. The Morgan fingerprint density at radius 1 is 0.549 bits per heavy atom. The number of carbonyl (C=O) groups excluding carboxylic acids is 2. The van der Waals surface area contributed by atoms with Crippen LogP contribution in [0.25, 0.3) is 22.5 Å². The Morgan fingerprint density at radius 3 is 1.45 bits per heavy atom. The van der Waals surface area contributed by atoms with Gasteiger partial charge in [0.2, 0.25) is 12.8 Å². The van der Waals surface area contributed by atoms with Crippen LogP contribution >= 0.6 is 134 Å². The van der Waals surface area contributed by atoms with E-state index in [0.29, 0.717) is 117 Å². The summed E-state index contributed by atoms with van der Waals surface area (Å²) in [7, 11) is 0. The number of anilines is 1. The Morgan fingerprint density at radius 2 is 1.03 bits per heavy atom. The molecule has 2 amide bonds. The minimum Gasteiger partial charge on any atom is -0.373 e. The van der Waals surface area contributed by atoms with Gasteiger partial charge in [0.15, 0.2) is 18.9 Å². The maximum absolute atomic E-state index is 11.0. The first-order valence-electron chi connectivity index (χ1n) is 38.7. The van der Waals surface area contributed by atoms with Crippen molar-refractivity contribution in [2.24, 2.45) is 17.7 Å². The number of halogens is 9. The zero-order chi connectivity index (χ0) is 78.3. The molecule has 113 heavy (non-hydrogen) atoms. The largest absolute Gasteiger partial charge is 0.373 e. The van der Waals surface area contributed by atoms with E-state index in [1.165, 1.54) is 41.9 Å². The molecule has 9 aliphatic rings. The van der Waals surface area contributed by atoms with Gasteiger partial charge in [0, 0.05) is 122 Å². The highest BCUT2D eigenvalue weighted by Gasteiger charge is 2.46. The van der Waals surface area contributed by atoms with Crippen molar-refractivity contribution in [2.45, 2.75) is 202 Å². The van der Waals surface area contributed by atoms with Crippen molar-refractivity contribution in [3.05, 3.63) is 212 Å². The molecule has 2 aromatic heterocycles. The number of fused-ring (bicyclic) bond motifs is 4. The van der Waals surface area contributed by atoms with Crippen molar-refractivity contribution in [3.63, 3.8) is 0 Å². The highest BCUT2D eigenvalue weighted by Crippen LogP contribution is 2.49. The molecular formula is C84H98Br4Cl4IN7O13. The van der Waals surface area contributed by atoms with Crippen LogP contribution in [0.5, 0.6) is 0 Å². The summed E-state index contributed by atoms with van der Waals surface area (Å²) in [5, 5.41) is 26.8. The third-order valence-electron chi connectivity index (χ3n) is 21.2. The second-order valence-corrected chi connectivity index (χ2v) is 34.3. The number of rotatable bonds is 25. The molecule has 5 aliphatic heterocycles. The number of amides is 2. The average molecular weight is 2000 g/mol. The molecule has 5 saturated heterocycles. The molecule has 4 bridgehead atoms. The molecule has 0 radical (unpaired) electrons. The molecule has 8 aromatic rings. The molecule has 9 atom stereocenters. The topological polar surface area (TPSA) is 228 Å². The normalized spacial score (nSPS) is 22.5. The number of hydrogen-bond donors (Lipinski definition) is 3. The number of piperidine rings is 2. The van der Waals surface area contributed by atoms with Crippen LogP contribution in [0, 0.1) is 11.8 Å². The minimum atomic E-state index is -0.292. The summed E-state index contributed by atoms with van der Waals surface area (Å²) in [6.45, 7) is 6.65. The molecular weight excluding hydrogens is 1900 g/mol. The van der Waals surface area contributed by atoms with Gasteiger partial charge < -0.3 is 47.7 Å². The van der Waals surface area contributed by atoms with Crippen LogP contribution in [0.3, 0.4) is 0 Å². The van der Waals surface area contributed by atoms with Gasteiger partial charge in [-0.2, -0.15) is 0 Å². The summed E-state index contributed by atoms with van der Waals surface area (Å²) in [5.74, 6) is 8.67. The van der Waals surface area contributed by atoms with Gasteiger partial charge in [-0.05, 0) is 204 Å². The molecule has 3 unspecified atom stereocenters. The fraction of sp³-hybridized carbons (Fsp3) is 0.476. The van der Waals surface area contributed by atoms with Crippen molar-refractivity contribution in [1.82, 2.24) is 25.8 Å². The van der Waals surface area contributed by atoms with Crippen molar-refractivity contribution < 1.29 is 61.9 Å². The summed E-state index contributed by atoms with van der Waals surface area (Å²) in [6.07, 6.45) is 20.7. The van der Waals surface area contributed by atoms with E-state index < -0.39 is 0 Å². The van der Waals surface area contributed by atoms with E-state index in [0.717, 1.165) is 192 Å². The first kappa shape index (κ1) is 89.6. The summed E-state index contributed by atoms with van der Waals surface area (Å²) >= 11 is 39.3. The highest BCUT2D eigenvalue weighted by molar-refractivity contribution is 14.0. The van der Waals surface area contributed by atoms with Gasteiger partial charge in [-0.1, -0.05) is 181 Å². The Hall–Kier alpha value is -4.15. The van der Waals surface area contributed by atoms with E-state index in [9.17, 15) is 14.8 Å². The third-order valence-corrected chi connectivity index (χ3v) is 24.7. The Kier molecular flexibility index (Phi) is 36.4. The molecule has 29 heteroatoms. The van der Waals surface area contributed by atoms with Gasteiger partial charge >= 0.3 is 0 Å². The van der Waals surface area contributed by atoms with Crippen LogP contribution < -0.4 is 16.1 Å². The summed E-state index contributed by atoms with van der Waals surface area (Å²) < 4.78 is 49.3.